The second-order valence-corrected chi connectivity index (χ2v) is 3.90. The lowest BCUT2D eigenvalue weighted by molar-refractivity contribution is -0.145. The second kappa shape index (κ2) is 7.22. The molecule has 0 aromatic rings. The van der Waals surface area contributed by atoms with Crippen LogP contribution in [0.1, 0.15) is 33.6 Å². The largest absolute Gasteiger partial charge is 0.481 e. The Morgan fingerprint density at radius 3 is 2.25 bits per heavy atom. The zero-order valence-corrected chi connectivity index (χ0v) is 10.4. The minimum absolute atomic E-state index is 0.0175. The normalized spacial score (nSPS) is 12.6. The Balaban J connectivity index is 4.51. The summed E-state index contributed by atoms with van der Waals surface area (Å²) in [5.41, 5.74) is 0. The van der Waals surface area contributed by atoms with Crippen LogP contribution in [0.15, 0.2) is 0 Å². The topological polar surface area (TPSA) is 66.8 Å². The summed E-state index contributed by atoms with van der Waals surface area (Å²) >= 11 is 0. The quantitative estimate of drug-likeness (QED) is 0.713. The lowest BCUT2D eigenvalue weighted by atomic mass is 10.2. The summed E-state index contributed by atoms with van der Waals surface area (Å²) in [6.45, 7) is 5.82. The van der Waals surface area contributed by atoms with Crippen molar-refractivity contribution in [1.82, 2.24) is 4.90 Å². The fraction of sp³-hybridized carbons (Fsp3) is 0.818. The Labute approximate surface area is 96.4 Å². The maximum Gasteiger partial charge on any atom is 0.305 e. The van der Waals surface area contributed by atoms with Gasteiger partial charge in [-0.15, -0.1) is 0 Å². The van der Waals surface area contributed by atoms with Crippen LogP contribution in [-0.2, 0) is 14.3 Å². The fourth-order valence-electron chi connectivity index (χ4n) is 1.47. The highest BCUT2D eigenvalue weighted by atomic mass is 16.5. The molecule has 0 fully saturated rings. The van der Waals surface area contributed by atoms with Crippen LogP contribution >= 0.6 is 0 Å². The summed E-state index contributed by atoms with van der Waals surface area (Å²) in [7, 11) is 1.49. The molecule has 1 unspecified atom stereocenters. The van der Waals surface area contributed by atoms with E-state index in [1.54, 1.807) is 4.90 Å². The number of carbonyl (C=O) groups excluding carboxylic acids is 1. The summed E-state index contributed by atoms with van der Waals surface area (Å²) in [6, 6.07) is -0.0175. The van der Waals surface area contributed by atoms with E-state index in [0.717, 1.165) is 0 Å². The molecule has 0 saturated heterocycles. The molecule has 1 N–H and O–H groups in total. The summed E-state index contributed by atoms with van der Waals surface area (Å²) < 4.78 is 5.06. The van der Waals surface area contributed by atoms with Gasteiger partial charge in [0.05, 0.1) is 6.42 Å². The van der Waals surface area contributed by atoms with Gasteiger partial charge in [-0.2, -0.15) is 0 Å². The molecule has 0 saturated carbocycles. The fourth-order valence-corrected chi connectivity index (χ4v) is 1.47. The van der Waals surface area contributed by atoms with Gasteiger partial charge in [-0.3, -0.25) is 9.59 Å². The van der Waals surface area contributed by atoms with E-state index < -0.39 is 12.1 Å². The lowest BCUT2D eigenvalue weighted by Crippen LogP contribution is -2.44. The van der Waals surface area contributed by atoms with Crippen molar-refractivity contribution in [2.24, 2.45) is 0 Å². The minimum Gasteiger partial charge on any atom is -0.481 e. The van der Waals surface area contributed by atoms with E-state index in [1.807, 2.05) is 20.8 Å². The first-order valence-corrected chi connectivity index (χ1v) is 5.49. The molecule has 94 valence electrons. The molecule has 5 nitrogen and oxygen atoms in total. The van der Waals surface area contributed by atoms with E-state index in [1.165, 1.54) is 7.11 Å². The summed E-state index contributed by atoms with van der Waals surface area (Å²) in [6.07, 6.45) is 0.0755. The summed E-state index contributed by atoms with van der Waals surface area (Å²) in [5.74, 6) is -1.04. The number of carbonyl (C=O) groups is 2. The van der Waals surface area contributed by atoms with Crippen LogP contribution in [-0.4, -0.2) is 47.7 Å². The van der Waals surface area contributed by atoms with E-state index in [4.69, 9.17) is 9.84 Å². The van der Waals surface area contributed by atoms with E-state index in [-0.39, 0.29) is 24.9 Å². The third-order valence-corrected chi connectivity index (χ3v) is 2.40. The van der Waals surface area contributed by atoms with E-state index in [2.05, 4.69) is 0 Å². The number of amides is 1. The van der Waals surface area contributed by atoms with E-state index in [9.17, 15) is 9.59 Å². The van der Waals surface area contributed by atoms with Gasteiger partial charge in [-0.1, -0.05) is 6.92 Å². The average molecular weight is 231 g/mol. The standard InChI is InChI=1S/C11H21NO4/c1-5-9(16-4)11(15)12(8(2)3)7-6-10(13)14/h8-9H,5-7H2,1-4H3,(H,13,14). The first-order valence-electron chi connectivity index (χ1n) is 5.49. The third-order valence-electron chi connectivity index (χ3n) is 2.40. The summed E-state index contributed by atoms with van der Waals surface area (Å²) in [4.78, 5) is 24.0. The van der Waals surface area contributed by atoms with Crippen molar-refractivity contribution in [2.75, 3.05) is 13.7 Å². The van der Waals surface area contributed by atoms with Gasteiger partial charge in [0.2, 0.25) is 0 Å². The third kappa shape index (κ3) is 4.61. The number of hydrogen-bond donors (Lipinski definition) is 1. The zero-order valence-electron chi connectivity index (χ0n) is 10.4. The van der Waals surface area contributed by atoms with Crippen molar-refractivity contribution >= 4 is 11.9 Å². The predicted molar refractivity (Wildman–Crippen MR) is 60.2 cm³/mol. The molecule has 5 heteroatoms. The van der Waals surface area contributed by atoms with Gasteiger partial charge >= 0.3 is 5.97 Å². The molecule has 0 bridgehead atoms. The predicted octanol–water partition coefficient (Wildman–Crippen LogP) is 1.12. The lowest BCUT2D eigenvalue weighted by Gasteiger charge is -2.29. The highest BCUT2D eigenvalue weighted by molar-refractivity contribution is 5.81. The van der Waals surface area contributed by atoms with E-state index in [0.29, 0.717) is 6.42 Å². The van der Waals surface area contributed by atoms with Gasteiger partial charge < -0.3 is 14.7 Å². The molecule has 0 aromatic heterocycles. The smallest absolute Gasteiger partial charge is 0.305 e. The molecular weight excluding hydrogens is 210 g/mol. The molecule has 1 amide bonds. The van der Waals surface area contributed by atoms with Crippen molar-refractivity contribution in [3.05, 3.63) is 0 Å². The van der Waals surface area contributed by atoms with E-state index >= 15 is 0 Å². The number of carboxylic acid groups (broad SMARTS) is 1. The molecule has 0 aromatic carbocycles. The highest BCUT2D eigenvalue weighted by Crippen LogP contribution is 2.08. The van der Waals surface area contributed by atoms with Gasteiger partial charge in [0.1, 0.15) is 6.10 Å². The average Bonchev–Trinajstić information content (AvgIpc) is 2.18. The van der Waals surface area contributed by atoms with Crippen molar-refractivity contribution in [1.29, 1.82) is 0 Å². The van der Waals surface area contributed by atoms with Crippen molar-refractivity contribution < 1.29 is 19.4 Å². The number of rotatable bonds is 7. The number of carboxylic acids is 1. The van der Waals surface area contributed by atoms with Crippen molar-refractivity contribution in [3.63, 3.8) is 0 Å². The molecular formula is C11H21NO4. The van der Waals surface area contributed by atoms with Crippen LogP contribution in [0.5, 0.6) is 0 Å². The maximum atomic E-state index is 12.0. The van der Waals surface area contributed by atoms with Gasteiger partial charge in [0, 0.05) is 19.7 Å². The monoisotopic (exact) mass is 231 g/mol. The Bertz CT molecular complexity index is 236. The van der Waals surface area contributed by atoms with Gasteiger partial charge in [-0.25, -0.2) is 0 Å². The van der Waals surface area contributed by atoms with Crippen molar-refractivity contribution in [2.45, 2.75) is 45.8 Å². The SMILES string of the molecule is CCC(OC)C(=O)N(CCC(=O)O)C(C)C. The van der Waals surface area contributed by atoms with Gasteiger partial charge in [0.15, 0.2) is 0 Å². The highest BCUT2D eigenvalue weighted by Gasteiger charge is 2.24. The zero-order chi connectivity index (χ0) is 12.7. The molecule has 0 heterocycles. The van der Waals surface area contributed by atoms with Crippen molar-refractivity contribution in [3.8, 4) is 0 Å². The van der Waals surface area contributed by atoms with Gasteiger partial charge in [0.25, 0.3) is 5.91 Å². The number of aliphatic carboxylic acids is 1. The second-order valence-electron chi connectivity index (χ2n) is 3.90. The van der Waals surface area contributed by atoms with Crippen LogP contribution < -0.4 is 0 Å². The molecule has 1 atom stereocenters. The summed E-state index contributed by atoms with van der Waals surface area (Å²) in [5, 5.41) is 8.61. The van der Waals surface area contributed by atoms with Gasteiger partial charge in [-0.05, 0) is 20.3 Å². The van der Waals surface area contributed by atoms with Crippen LogP contribution in [0.25, 0.3) is 0 Å². The van der Waals surface area contributed by atoms with Crippen LogP contribution in [0.4, 0.5) is 0 Å². The Kier molecular flexibility index (Phi) is 6.72. The Hall–Kier alpha value is -1.10. The molecule has 0 spiro atoms. The molecule has 16 heavy (non-hydrogen) atoms. The number of nitrogens with zero attached hydrogens (tertiary/aromatic N) is 1. The first-order chi connectivity index (χ1) is 7.43. The number of hydrogen-bond acceptors (Lipinski definition) is 3. The molecule has 0 aliphatic carbocycles. The molecule has 0 aliphatic heterocycles. The Morgan fingerprint density at radius 2 is 1.94 bits per heavy atom. The minimum atomic E-state index is -0.899. The van der Waals surface area contributed by atoms with Crippen LogP contribution in [0.2, 0.25) is 0 Å². The molecule has 0 rings (SSSR count). The van der Waals surface area contributed by atoms with Crippen LogP contribution in [0, 0.1) is 0 Å². The maximum absolute atomic E-state index is 12.0. The number of methoxy groups -OCH3 is 1. The molecule has 0 aliphatic rings. The Morgan fingerprint density at radius 1 is 1.38 bits per heavy atom. The van der Waals surface area contributed by atoms with Crippen LogP contribution in [0.3, 0.4) is 0 Å². The molecule has 0 radical (unpaired) electrons. The first kappa shape index (κ1) is 14.9. The number of ether oxygens (including phenoxy) is 1.